The summed E-state index contributed by atoms with van der Waals surface area (Å²) in [5.41, 5.74) is 9.12. The lowest BCUT2D eigenvalue weighted by molar-refractivity contribution is 1.07. The van der Waals surface area contributed by atoms with Crippen LogP contribution >= 0.6 is 0 Å². The van der Waals surface area contributed by atoms with Gasteiger partial charge in [0.05, 0.1) is 0 Å². The van der Waals surface area contributed by atoms with Gasteiger partial charge in [-0.1, -0.05) is 66.7 Å². The molecule has 0 aliphatic carbocycles. The third-order valence-corrected chi connectivity index (χ3v) is 2.48. The van der Waals surface area contributed by atoms with Gasteiger partial charge >= 0.3 is 0 Å². The van der Waals surface area contributed by atoms with E-state index < -0.39 is 0 Å². The second kappa shape index (κ2) is 5.29. The zero-order valence-electron chi connectivity index (χ0n) is 9.14. The fraction of sp³-hybridized carbons (Fsp3) is 0.0667. The molecule has 1 heteroatoms. The van der Waals surface area contributed by atoms with Gasteiger partial charge in [0.15, 0.2) is 0 Å². The highest BCUT2D eigenvalue weighted by Gasteiger charge is 1.89. The van der Waals surface area contributed by atoms with Gasteiger partial charge in [-0.05, 0) is 16.7 Å². The van der Waals surface area contributed by atoms with E-state index in [-0.39, 0.29) is 0 Å². The van der Waals surface area contributed by atoms with E-state index in [9.17, 15) is 0 Å². The zero-order chi connectivity index (χ0) is 11.2. The van der Waals surface area contributed by atoms with Crippen molar-refractivity contribution in [1.29, 1.82) is 0 Å². The average Bonchev–Trinajstić information content (AvgIpc) is 2.38. The van der Waals surface area contributed by atoms with Crippen molar-refractivity contribution in [3.8, 4) is 0 Å². The minimum atomic E-state index is 0.600. The number of hydrogen-bond acceptors (Lipinski definition) is 1. The Morgan fingerprint density at radius 1 is 0.750 bits per heavy atom. The topological polar surface area (TPSA) is 26.0 Å². The van der Waals surface area contributed by atoms with E-state index in [0.29, 0.717) is 6.54 Å². The van der Waals surface area contributed by atoms with Crippen molar-refractivity contribution >= 4 is 12.2 Å². The molecule has 0 saturated carbocycles. The molecule has 0 aliphatic rings. The van der Waals surface area contributed by atoms with Crippen molar-refractivity contribution in [2.24, 2.45) is 5.73 Å². The third kappa shape index (κ3) is 2.81. The summed E-state index contributed by atoms with van der Waals surface area (Å²) in [4.78, 5) is 0. The summed E-state index contributed by atoms with van der Waals surface area (Å²) < 4.78 is 0. The Hall–Kier alpha value is -1.86. The van der Waals surface area contributed by atoms with Gasteiger partial charge in [0.1, 0.15) is 0 Å². The maximum absolute atomic E-state index is 5.55. The summed E-state index contributed by atoms with van der Waals surface area (Å²) in [6, 6.07) is 18.6. The fourth-order valence-corrected chi connectivity index (χ4v) is 1.52. The molecular weight excluding hydrogens is 194 g/mol. The van der Waals surface area contributed by atoms with Crippen molar-refractivity contribution in [1.82, 2.24) is 0 Å². The molecule has 2 rings (SSSR count). The molecule has 0 aliphatic heterocycles. The zero-order valence-corrected chi connectivity index (χ0v) is 9.14. The Morgan fingerprint density at radius 3 is 1.88 bits per heavy atom. The number of hydrogen-bond donors (Lipinski definition) is 1. The Labute approximate surface area is 96.2 Å². The summed E-state index contributed by atoms with van der Waals surface area (Å²) in [7, 11) is 0. The second-order valence-electron chi connectivity index (χ2n) is 3.69. The summed E-state index contributed by atoms with van der Waals surface area (Å²) in [6.07, 6.45) is 4.22. The van der Waals surface area contributed by atoms with E-state index >= 15 is 0 Å². The molecule has 2 aromatic rings. The Morgan fingerprint density at radius 2 is 1.31 bits per heavy atom. The first kappa shape index (κ1) is 10.7. The smallest absolute Gasteiger partial charge is 0.0178 e. The highest BCUT2D eigenvalue weighted by molar-refractivity contribution is 5.69. The Balaban J connectivity index is 2.12. The molecule has 0 heterocycles. The van der Waals surface area contributed by atoms with Gasteiger partial charge in [-0.15, -0.1) is 0 Å². The predicted molar refractivity (Wildman–Crippen MR) is 69.7 cm³/mol. The van der Waals surface area contributed by atoms with E-state index in [0.717, 1.165) is 5.56 Å². The van der Waals surface area contributed by atoms with Crippen LogP contribution in [0.15, 0.2) is 54.6 Å². The Kier molecular flexibility index (Phi) is 3.52. The van der Waals surface area contributed by atoms with Crippen molar-refractivity contribution < 1.29 is 0 Å². The number of nitrogens with two attached hydrogens (primary N) is 1. The van der Waals surface area contributed by atoms with Crippen molar-refractivity contribution in [2.45, 2.75) is 6.54 Å². The van der Waals surface area contributed by atoms with Crippen molar-refractivity contribution in [3.05, 3.63) is 71.3 Å². The van der Waals surface area contributed by atoms with E-state index in [1.54, 1.807) is 0 Å². The third-order valence-electron chi connectivity index (χ3n) is 2.48. The highest BCUT2D eigenvalue weighted by atomic mass is 14.5. The SMILES string of the molecule is NCc1ccc(C=Cc2ccccc2)cc1. The molecule has 80 valence electrons. The molecule has 0 fully saturated rings. The fourth-order valence-electron chi connectivity index (χ4n) is 1.52. The molecule has 0 atom stereocenters. The van der Waals surface area contributed by atoms with Crippen LogP contribution in [0.5, 0.6) is 0 Å². The van der Waals surface area contributed by atoms with Crippen LogP contribution in [-0.4, -0.2) is 0 Å². The van der Waals surface area contributed by atoms with E-state index in [1.165, 1.54) is 11.1 Å². The summed E-state index contributed by atoms with van der Waals surface area (Å²) in [5.74, 6) is 0. The van der Waals surface area contributed by atoms with Crippen LogP contribution in [0.3, 0.4) is 0 Å². The predicted octanol–water partition coefficient (Wildman–Crippen LogP) is 3.32. The molecule has 0 radical (unpaired) electrons. The van der Waals surface area contributed by atoms with Crippen LogP contribution < -0.4 is 5.73 Å². The Bertz CT molecular complexity index is 455. The molecule has 0 unspecified atom stereocenters. The highest BCUT2D eigenvalue weighted by Crippen LogP contribution is 2.09. The van der Waals surface area contributed by atoms with Crippen molar-refractivity contribution in [2.75, 3.05) is 0 Å². The van der Waals surface area contributed by atoms with E-state index in [4.69, 9.17) is 5.73 Å². The maximum atomic E-state index is 5.55. The van der Waals surface area contributed by atoms with Gasteiger partial charge in [0.2, 0.25) is 0 Å². The number of rotatable bonds is 3. The minimum Gasteiger partial charge on any atom is -0.326 e. The minimum absolute atomic E-state index is 0.600. The molecule has 16 heavy (non-hydrogen) atoms. The van der Waals surface area contributed by atoms with Crippen LogP contribution in [-0.2, 0) is 6.54 Å². The standard InChI is InChI=1S/C15H15N/c16-12-15-10-8-14(9-11-15)7-6-13-4-2-1-3-5-13/h1-11H,12,16H2. The molecule has 0 spiro atoms. The molecule has 0 bridgehead atoms. The largest absolute Gasteiger partial charge is 0.326 e. The summed E-state index contributed by atoms with van der Waals surface area (Å²) >= 11 is 0. The average molecular weight is 209 g/mol. The van der Waals surface area contributed by atoms with Gasteiger partial charge < -0.3 is 5.73 Å². The molecule has 2 N–H and O–H groups in total. The van der Waals surface area contributed by atoms with Crippen LogP contribution in [0.1, 0.15) is 16.7 Å². The van der Waals surface area contributed by atoms with Crippen LogP contribution in [0.4, 0.5) is 0 Å². The van der Waals surface area contributed by atoms with Gasteiger partial charge in [-0.2, -0.15) is 0 Å². The summed E-state index contributed by atoms with van der Waals surface area (Å²) in [6.45, 7) is 0.600. The first-order chi connectivity index (χ1) is 7.88. The first-order valence-corrected chi connectivity index (χ1v) is 5.40. The molecular formula is C15H15N. The van der Waals surface area contributed by atoms with Gasteiger partial charge in [-0.3, -0.25) is 0 Å². The monoisotopic (exact) mass is 209 g/mol. The van der Waals surface area contributed by atoms with Gasteiger partial charge in [-0.25, -0.2) is 0 Å². The normalized spacial score (nSPS) is 10.8. The van der Waals surface area contributed by atoms with Gasteiger partial charge in [0, 0.05) is 6.54 Å². The maximum Gasteiger partial charge on any atom is 0.0178 e. The quantitative estimate of drug-likeness (QED) is 0.771. The second-order valence-corrected chi connectivity index (χ2v) is 3.69. The van der Waals surface area contributed by atoms with Gasteiger partial charge in [0.25, 0.3) is 0 Å². The van der Waals surface area contributed by atoms with Crippen LogP contribution in [0.2, 0.25) is 0 Å². The first-order valence-electron chi connectivity index (χ1n) is 5.40. The molecule has 2 aromatic carbocycles. The van der Waals surface area contributed by atoms with Crippen LogP contribution in [0, 0.1) is 0 Å². The van der Waals surface area contributed by atoms with E-state index in [1.807, 2.05) is 18.2 Å². The molecule has 1 nitrogen and oxygen atoms in total. The lowest BCUT2D eigenvalue weighted by Gasteiger charge is -1.97. The molecule has 0 saturated heterocycles. The van der Waals surface area contributed by atoms with Crippen molar-refractivity contribution in [3.63, 3.8) is 0 Å². The molecule has 0 aromatic heterocycles. The van der Waals surface area contributed by atoms with E-state index in [2.05, 4.69) is 48.6 Å². The lowest BCUT2D eigenvalue weighted by atomic mass is 10.1. The lowest BCUT2D eigenvalue weighted by Crippen LogP contribution is -1.94. The van der Waals surface area contributed by atoms with Crippen LogP contribution in [0.25, 0.3) is 12.2 Å². The number of benzene rings is 2. The molecule has 0 amide bonds. The summed E-state index contributed by atoms with van der Waals surface area (Å²) in [5, 5.41) is 0.